The third-order valence-corrected chi connectivity index (χ3v) is 3.31. The summed E-state index contributed by atoms with van der Waals surface area (Å²) in [5, 5.41) is 0.0953. The molecule has 7 heteroatoms. The molecule has 0 aliphatic carbocycles. The van der Waals surface area contributed by atoms with Crippen LogP contribution in [0.1, 0.15) is 10.4 Å². The molecule has 0 saturated carbocycles. The molecule has 118 valence electrons. The first kappa shape index (κ1) is 15.1. The molecule has 0 fully saturated rings. The number of hydrogen-bond acceptors (Lipinski definition) is 2. The number of ether oxygens (including phenoxy) is 1. The average Bonchev–Trinajstić information content (AvgIpc) is 2.89. The number of aromatic nitrogens is 1. The Morgan fingerprint density at radius 1 is 1.13 bits per heavy atom. The molecular weight excluding hydrogens is 314 g/mol. The van der Waals surface area contributed by atoms with E-state index in [1.54, 1.807) is 0 Å². The Kier molecular flexibility index (Phi) is 3.55. The van der Waals surface area contributed by atoms with Crippen LogP contribution < -0.4 is 4.74 Å². The highest BCUT2D eigenvalue weighted by Crippen LogP contribution is 2.36. The molecule has 0 radical (unpaired) electrons. The van der Waals surface area contributed by atoms with E-state index < -0.39 is 17.9 Å². The van der Waals surface area contributed by atoms with Crippen molar-refractivity contribution in [1.82, 2.24) is 4.98 Å². The maximum Gasteiger partial charge on any atom is 0.573 e. The van der Waals surface area contributed by atoms with Crippen molar-refractivity contribution in [3.05, 3.63) is 54.0 Å². The summed E-state index contributed by atoms with van der Waals surface area (Å²) in [5.74, 6) is -1.14. The summed E-state index contributed by atoms with van der Waals surface area (Å²) >= 11 is 0. The highest BCUT2D eigenvalue weighted by Gasteiger charge is 2.32. The van der Waals surface area contributed by atoms with Crippen LogP contribution in [0.15, 0.2) is 42.6 Å². The smallest absolute Gasteiger partial charge is 0.405 e. The molecule has 0 saturated heterocycles. The number of rotatable bonds is 3. The Hall–Kier alpha value is -2.83. The van der Waals surface area contributed by atoms with Crippen molar-refractivity contribution in [2.45, 2.75) is 6.36 Å². The molecule has 3 aromatic rings. The highest BCUT2D eigenvalue weighted by atomic mass is 19.4. The fourth-order valence-corrected chi connectivity index (χ4v) is 2.41. The molecule has 0 amide bonds. The minimum atomic E-state index is -4.85. The fraction of sp³-hybridized carbons (Fsp3) is 0.0625. The lowest BCUT2D eigenvalue weighted by molar-refractivity contribution is -0.274. The summed E-state index contributed by atoms with van der Waals surface area (Å²) in [4.78, 5) is 13.6. The number of fused-ring (bicyclic) bond motifs is 1. The van der Waals surface area contributed by atoms with Gasteiger partial charge in [-0.1, -0.05) is 18.2 Å². The maximum atomic E-state index is 14.2. The van der Waals surface area contributed by atoms with Gasteiger partial charge in [-0.05, 0) is 23.8 Å². The molecule has 0 bridgehead atoms. The van der Waals surface area contributed by atoms with Crippen LogP contribution >= 0.6 is 0 Å². The van der Waals surface area contributed by atoms with Gasteiger partial charge in [-0.25, -0.2) is 4.39 Å². The Morgan fingerprint density at radius 2 is 1.87 bits per heavy atom. The lowest BCUT2D eigenvalue weighted by atomic mass is 10.0. The van der Waals surface area contributed by atoms with E-state index in [9.17, 15) is 22.4 Å². The van der Waals surface area contributed by atoms with E-state index in [1.165, 1.54) is 30.5 Å². The third kappa shape index (κ3) is 2.90. The molecular formula is C16H9F4NO2. The molecule has 1 N–H and O–H groups in total. The van der Waals surface area contributed by atoms with Crippen molar-refractivity contribution in [1.29, 1.82) is 0 Å². The van der Waals surface area contributed by atoms with Crippen molar-refractivity contribution in [3.63, 3.8) is 0 Å². The number of para-hydroxylation sites is 1. The standard InChI is InChI=1S/C16H9F4NO2/c17-12-5-9(6-13-15(12)10(8-22)7-21-13)11-3-1-2-4-14(11)23-16(18,19)20/h1-8,21H. The van der Waals surface area contributed by atoms with Crippen LogP contribution in [0.3, 0.4) is 0 Å². The molecule has 23 heavy (non-hydrogen) atoms. The minimum Gasteiger partial charge on any atom is -0.405 e. The van der Waals surface area contributed by atoms with E-state index >= 15 is 0 Å². The number of aromatic amines is 1. The first-order valence-electron chi connectivity index (χ1n) is 6.50. The summed E-state index contributed by atoms with van der Waals surface area (Å²) < 4.78 is 55.6. The van der Waals surface area contributed by atoms with Crippen LogP contribution in [0.5, 0.6) is 5.75 Å². The monoisotopic (exact) mass is 323 g/mol. The van der Waals surface area contributed by atoms with E-state index in [1.807, 2.05) is 0 Å². The van der Waals surface area contributed by atoms with E-state index in [-0.39, 0.29) is 22.1 Å². The normalized spacial score (nSPS) is 11.7. The third-order valence-electron chi connectivity index (χ3n) is 3.31. The van der Waals surface area contributed by atoms with Crippen LogP contribution in [0, 0.1) is 5.82 Å². The van der Waals surface area contributed by atoms with E-state index in [0.29, 0.717) is 11.8 Å². The average molecular weight is 323 g/mol. The van der Waals surface area contributed by atoms with E-state index in [0.717, 1.165) is 12.1 Å². The van der Waals surface area contributed by atoms with Crippen LogP contribution in [-0.2, 0) is 0 Å². The molecule has 0 aliphatic heterocycles. The van der Waals surface area contributed by atoms with Gasteiger partial charge < -0.3 is 9.72 Å². The fourth-order valence-electron chi connectivity index (χ4n) is 2.41. The van der Waals surface area contributed by atoms with Gasteiger partial charge >= 0.3 is 6.36 Å². The minimum absolute atomic E-state index is 0.0906. The molecule has 1 heterocycles. The molecule has 1 aromatic heterocycles. The summed E-state index contributed by atoms with van der Waals surface area (Å²) in [6, 6.07) is 7.98. The first-order valence-corrected chi connectivity index (χ1v) is 6.50. The van der Waals surface area contributed by atoms with Gasteiger partial charge in [-0.2, -0.15) is 0 Å². The topological polar surface area (TPSA) is 42.1 Å². The van der Waals surface area contributed by atoms with Gasteiger partial charge in [0.05, 0.1) is 0 Å². The van der Waals surface area contributed by atoms with Gasteiger partial charge in [-0.15, -0.1) is 13.2 Å². The number of aldehydes is 1. The number of H-pyrrole nitrogens is 1. The zero-order valence-electron chi connectivity index (χ0n) is 11.4. The first-order chi connectivity index (χ1) is 10.9. The predicted molar refractivity (Wildman–Crippen MR) is 75.8 cm³/mol. The Bertz CT molecular complexity index is 883. The lowest BCUT2D eigenvalue weighted by Gasteiger charge is -2.13. The number of nitrogens with one attached hydrogen (secondary N) is 1. The van der Waals surface area contributed by atoms with Gasteiger partial charge in [0.25, 0.3) is 0 Å². The van der Waals surface area contributed by atoms with Crippen LogP contribution in [0.25, 0.3) is 22.0 Å². The number of carbonyl (C=O) groups excluding carboxylic acids is 1. The maximum absolute atomic E-state index is 14.2. The van der Waals surface area contributed by atoms with Gasteiger partial charge in [-0.3, -0.25) is 4.79 Å². The zero-order valence-corrected chi connectivity index (χ0v) is 11.4. The number of halogens is 4. The quantitative estimate of drug-likeness (QED) is 0.561. The Morgan fingerprint density at radius 3 is 2.57 bits per heavy atom. The van der Waals surface area contributed by atoms with Gasteiger partial charge in [0.1, 0.15) is 11.6 Å². The Labute approximate surface area is 127 Å². The number of hydrogen-bond donors (Lipinski definition) is 1. The predicted octanol–water partition coefficient (Wildman–Crippen LogP) is 4.69. The van der Waals surface area contributed by atoms with E-state index in [4.69, 9.17) is 0 Å². The van der Waals surface area contributed by atoms with Gasteiger partial charge in [0, 0.05) is 28.2 Å². The highest BCUT2D eigenvalue weighted by molar-refractivity contribution is 5.99. The van der Waals surface area contributed by atoms with Crippen LogP contribution in [-0.4, -0.2) is 17.6 Å². The van der Waals surface area contributed by atoms with Crippen LogP contribution in [0.4, 0.5) is 17.6 Å². The van der Waals surface area contributed by atoms with Crippen molar-refractivity contribution in [3.8, 4) is 16.9 Å². The van der Waals surface area contributed by atoms with Crippen molar-refractivity contribution in [2.24, 2.45) is 0 Å². The molecule has 0 spiro atoms. The molecule has 3 rings (SSSR count). The van der Waals surface area contributed by atoms with Crippen LogP contribution in [0.2, 0.25) is 0 Å². The van der Waals surface area contributed by atoms with Gasteiger partial charge in [0.15, 0.2) is 6.29 Å². The molecule has 3 nitrogen and oxygen atoms in total. The number of carbonyl (C=O) groups is 1. The van der Waals surface area contributed by atoms with Crippen molar-refractivity contribution >= 4 is 17.2 Å². The molecule has 0 atom stereocenters. The number of benzene rings is 2. The number of alkyl halides is 3. The second-order valence-electron chi connectivity index (χ2n) is 4.79. The summed E-state index contributed by atoms with van der Waals surface area (Å²) in [7, 11) is 0. The largest absolute Gasteiger partial charge is 0.573 e. The summed E-state index contributed by atoms with van der Waals surface area (Å²) in [6.07, 6.45) is -3.01. The second kappa shape index (κ2) is 5.42. The van der Waals surface area contributed by atoms with Crippen molar-refractivity contribution < 1.29 is 27.1 Å². The Balaban J connectivity index is 2.16. The zero-order chi connectivity index (χ0) is 16.6. The summed E-state index contributed by atoms with van der Waals surface area (Å²) in [5.41, 5.74) is 0.745. The molecule has 2 aromatic carbocycles. The van der Waals surface area contributed by atoms with Gasteiger partial charge in [0.2, 0.25) is 0 Å². The van der Waals surface area contributed by atoms with Crippen molar-refractivity contribution in [2.75, 3.05) is 0 Å². The van der Waals surface area contributed by atoms with E-state index in [2.05, 4.69) is 9.72 Å². The lowest BCUT2D eigenvalue weighted by Crippen LogP contribution is -2.17. The molecule has 0 aliphatic rings. The summed E-state index contributed by atoms with van der Waals surface area (Å²) in [6.45, 7) is 0. The second-order valence-corrected chi connectivity index (χ2v) is 4.79. The molecule has 0 unspecified atom stereocenters. The SMILES string of the molecule is O=Cc1c[nH]c2cc(-c3ccccc3OC(F)(F)F)cc(F)c12.